The summed E-state index contributed by atoms with van der Waals surface area (Å²) in [5, 5.41) is 11.3. The fourth-order valence-electron chi connectivity index (χ4n) is 2.04. The molecule has 0 amide bonds. The molecule has 1 N–H and O–H groups in total. The van der Waals surface area contributed by atoms with Crippen molar-refractivity contribution in [3.63, 3.8) is 0 Å². The Labute approximate surface area is 120 Å². The number of nitrogens with one attached hydrogen (secondary N) is 1. The smallest absolute Gasteiger partial charge is 0.298 e. The van der Waals surface area contributed by atoms with E-state index in [-0.39, 0.29) is 12.1 Å². The number of nitriles is 1. The summed E-state index contributed by atoms with van der Waals surface area (Å²) in [4.78, 5) is 0. The number of nitrogens with zero attached hydrogens (tertiary/aromatic N) is 1. The minimum Gasteiger partial charge on any atom is -0.298 e. The second-order valence-corrected chi connectivity index (χ2v) is 4.58. The second kappa shape index (κ2) is 6.42. The maximum absolute atomic E-state index is 13.1. The summed E-state index contributed by atoms with van der Waals surface area (Å²) in [5.74, 6) is 0. The third-order valence-electron chi connectivity index (χ3n) is 3.03. The van der Waals surface area contributed by atoms with E-state index in [4.69, 9.17) is 5.26 Å². The van der Waals surface area contributed by atoms with Crippen molar-refractivity contribution < 1.29 is 13.2 Å². The van der Waals surface area contributed by atoms with Gasteiger partial charge in [0.15, 0.2) is 0 Å². The Morgan fingerprint density at radius 3 is 2.38 bits per heavy atom. The van der Waals surface area contributed by atoms with Gasteiger partial charge in [0.25, 0.3) is 0 Å². The van der Waals surface area contributed by atoms with E-state index in [9.17, 15) is 13.2 Å². The molecular weight excluding hydrogens is 277 g/mol. The van der Waals surface area contributed by atoms with Crippen molar-refractivity contribution >= 4 is 0 Å². The van der Waals surface area contributed by atoms with Crippen molar-refractivity contribution in [1.82, 2.24) is 5.32 Å². The third-order valence-corrected chi connectivity index (χ3v) is 3.03. The molecule has 0 radical (unpaired) electrons. The molecule has 0 saturated heterocycles. The number of benzene rings is 2. The van der Waals surface area contributed by atoms with E-state index in [1.807, 2.05) is 6.07 Å². The molecule has 1 atom stereocenters. The van der Waals surface area contributed by atoms with Crippen molar-refractivity contribution in [1.29, 1.82) is 5.26 Å². The molecule has 5 heteroatoms. The van der Waals surface area contributed by atoms with Gasteiger partial charge in [0, 0.05) is 6.54 Å². The van der Waals surface area contributed by atoms with E-state index in [0.29, 0.717) is 11.1 Å². The lowest BCUT2D eigenvalue weighted by atomic mass is 10.1. The monoisotopic (exact) mass is 290 g/mol. The van der Waals surface area contributed by atoms with Crippen molar-refractivity contribution in [2.75, 3.05) is 0 Å². The first-order chi connectivity index (χ1) is 10.0. The lowest BCUT2D eigenvalue weighted by molar-refractivity contribution is -0.158. The highest BCUT2D eigenvalue weighted by Crippen LogP contribution is 2.32. The molecule has 0 aromatic heterocycles. The number of hydrogen-bond donors (Lipinski definition) is 1. The van der Waals surface area contributed by atoms with Gasteiger partial charge in [0.2, 0.25) is 0 Å². The molecule has 0 fully saturated rings. The summed E-state index contributed by atoms with van der Waals surface area (Å²) >= 11 is 0. The summed E-state index contributed by atoms with van der Waals surface area (Å²) in [6.45, 7) is 0.0363. The Morgan fingerprint density at radius 2 is 1.76 bits per heavy atom. The molecule has 2 aromatic carbocycles. The number of rotatable bonds is 4. The fourth-order valence-corrected chi connectivity index (χ4v) is 2.04. The average Bonchev–Trinajstić information content (AvgIpc) is 2.47. The predicted molar refractivity (Wildman–Crippen MR) is 73.2 cm³/mol. The first-order valence-corrected chi connectivity index (χ1v) is 6.35. The average molecular weight is 290 g/mol. The Balaban J connectivity index is 2.15. The van der Waals surface area contributed by atoms with Crippen molar-refractivity contribution in [2.24, 2.45) is 0 Å². The summed E-state index contributed by atoms with van der Waals surface area (Å²) in [7, 11) is 0. The molecule has 108 valence electrons. The van der Waals surface area contributed by atoms with E-state index in [1.165, 1.54) is 12.1 Å². The van der Waals surface area contributed by atoms with Gasteiger partial charge in [-0.05, 0) is 23.3 Å². The van der Waals surface area contributed by atoms with Gasteiger partial charge in [-0.2, -0.15) is 18.4 Å². The van der Waals surface area contributed by atoms with Gasteiger partial charge in [-0.15, -0.1) is 0 Å². The Hall–Kier alpha value is -2.32. The predicted octanol–water partition coefficient (Wildman–Crippen LogP) is 3.95. The minimum atomic E-state index is -4.38. The van der Waals surface area contributed by atoms with Crippen LogP contribution in [-0.4, -0.2) is 6.18 Å². The molecule has 2 nitrogen and oxygen atoms in total. The maximum atomic E-state index is 13.1. The van der Waals surface area contributed by atoms with Gasteiger partial charge >= 0.3 is 6.18 Å². The van der Waals surface area contributed by atoms with Crippen molar-refractivity contribution in [3.05, 3.63) is 71.3 Å². The number of halogens is 3. The van der Waals surface area contributed by atoms with Crippen LogP contribution in [0.25, 0.3) is 0 Å². The van der Waals surface area contributed by atoms with Crippen LogP contribution in [0, 0.1) is 11.3 Å². The summed E-state index contributed by atoms with van der Waals surface area (Å²) in [6.07, 6.45) is -4.38. The van der Waals surface area contributed by atoms with Gasteiger partial charge in [0.05, 0.1) is 11.6 Å². The lowest BCUT2D eigenvalue weighted by Crippen LogP contribution is -2.33. The Bertz CT molecular complexity index is 630. The van der Waals surface area contributed by atoms with E-state index in [1.54, 1.807) is 42.5 Å². The SMILES string of the molecule is N#Cc1cccc(CNC(c2ccccc2)C(F)(F)F)c1. The summed E-state index contributed by atoms with van der Waals surface area (Å²) < 4.78 is 39.4. The fraction of sp³-hybridized carbons (Fsp3) is 0.188. The highest BCUT2D eigenvalue weighted by molar-refractivity contribution is 5.32. The highest BCUT2D eigenvalue weighted by Gasteiger charge is 2.40. The van der Waals surface area contributed by atoms with Crippen LogP contribution < -0.4 is 5.32 Å². The van der Waals surface area contributed by atoms with Gasteiger partial charge < -0.3 is 0 Å². The molecular formula is C16H13F3N2. The van der Waals surface area contributed by atoms with E-state index in [2.05, 4.69) is 5.32 Å². The summed E-state index contributed by atoms with van der Waals surface area (Å²) in [5.41, 5.74) is 1.23. The Kier molecular flexibility index (Phi) is 4.61. The Morgan fingerprint density at radius 1 is 1.05 bits per heavy atom. The van der Waals surface area contributed by atoms with Crippen LogP contribution >= 0.6 is 0 Å². The van der Waals surface area contributed by atoms with Gasteiger partial charge in [-0.25, -0.2) is 0 Å². The minimum absolute atomic E-state index is 0.0363. The summed E-state index contributed by atoms with van der Waals surface area (Å²) in [6, 6.07) is 14.5. The zero-order chi connectivity index (χ0) is 15.3. The van der Waals surface area contributed by atoms with Crippen LogP contribution in [0.5, 0.6) is 0 Å². The zero-order valence-electron chi connectivity index (χ0n) is 11.1. The van der Waals surface area contributed by atoms with Crippen LogP contribution in [0.1, 0.15) is 22.7 Å². The van der Waals surface area contributed by atoms with Crippen molar-refractivity contribution in [3.8, 4) is 6.07 Å². The van der Waals surface area contributed by atoms with Gasteiger partial charge in [0.1, 0.15) is 6.04 Å². The highest BCUT2D eigenvalue weighted by atomic mass is 19.4. The topological polar surface area (TPSA) is 35.8 Å². The first kappa shape index (κ1) is 15.1. The zero-order valence-corrected chi connectivity index (χ0v) is 11.1. The third kappa shape index (κ3) is 4.07. The first-order valence-electron chi connectivity index (χ1n) is 6.35. The standard InChI is InChI=1S/C16H13F3N2/c17-16(18,19)15(14-7-2-1-3-8-14)21-11-13-6-4-5-12(9-13)10-20/h1-9,15,21H,11H2. The molecule has 0 aliphatic heterocycles. The van der Waals surface area contributed by atoms with Crippen LogP contribution in [0.4, 0.5) is 13.2 Å². The number of hydrogen-bond acceptors (Lipinski definition) is 2. The molecule has 1 unspecified atom stereocenters. The van der Waals surface area contributed by atoms with Gasteiger partial charge in [-0.3, -0.25) is 5.32 Å². The van der Waals surface area contributed by atoms with Crippen LogP contribution in [0.3, 0.4) is 0 Å². The van der Waals surface area contributed by atoms with E-state index >= 15 is 0 Å². The molecule has 21 heavy (non-hydrogen) atoms. The van der Waals surface area contributed by atoms with E-state index < -0.39 is 12.2 Å². The molecule has 0 spiro atoms. The molecule has 0 bridgehead atoms. The molecule has 2 aromatic rings. The maximum Gasteiger partial charge on any atom is 0.407 e. The lowest BCUT2D eigenvalue weighted by Gasteiger charge is -2.22. The molecule has 0 aliphatic carbocycles. The van der Waals surface area contributed by atoms with Crippen LogP contribution in [0.15, 0.2) is 54.6 Å². The molecule has 0 aliphatic rings. The molecule has 2 rings (SSSR count). The van der Waals surface area contributed by atoms with Crippen LogP contribution in [0.2, 0.25) is 0 Å². The second-order valence-electron chi connectivity index (χ2n) is 4.58. The molecule has 0 saturated carbocycles. The van der Waals surface area contributed by atoms with Crippen LogP contribution in [-0.2, 0) is 6.54 Å². The molecule has 0 heterocycles. The van der Waals surface area contributed by atoms with E-state index in [0.717, 1.165) is 0 Å². The number of alkyl halides is 3. The normalized spacial score (nSPS) is 12.7. The van der Waals surface area contributed by atoms with Gasteiger partial charge in [-0.1, -0.05) is 42.5 Å². The van der Waals surface area contributed by atoms with Crippen molar-refractivity contribution in [2.45, 2.75) is 18.8 Å². The quantitative estimate of drug-likeness (QED) is 0.925. The largest absolute Gasteiger partial charge is 0.407 e.